The summed E-state index contributed by atoms with van der Waals surface area (Å²) in [5, 5.41) is 0.543. The summed E-state index contributed by atoms with van der Waals surface area (Å²) >= 11 is 0. The van der Waals surface area contributed by atoms with Crippen LogP contribution >= 0.6 is 0 Å². The first-order valence-electron chi connectivity index (χ1n) is 24.3. The second-order valence-corrected chi connectivity index (χ2v) is 18.3. The second kappa shape index (κ2) is 23.7. The summed E-state index contributed by atoms with van der Waals surface area (Å²) in [5.74, 6) is -4.37. The van der Waals surface area contributed by atoms with Gasteiger partial charge in [0.2, 0.25) is 0 Å². The van der Waals surface area contributed by atoms with Gasteiger partial charge in [0.1, 0.15) is 65.5 Å². The predicted octanol–water partition coefficient (Wildman–Crippen LogP) is 14.2. The van der Waals surface area contributed by atoms with Crippen LogP contribution in [0.4, 0.5) is 39.5 Å². The van der Waals surface area contributed by atoms with Gasteiger partial charge >= 0.3 is 36.1 Å². The van der Waals surface area contributed by atoms with Crippen LogP contribution in [-0.2, 0) is 27.1 Å². The van der Waals surface area contributed by atoms with E-state index in [0.29, 0.717) is 24.0 Å². The first-order chi connectivity index (χ1) is 35.5. The molecule has 1 aliphatic carbocycles. The Balaban J connectivity index is 1.14. The Kier molecular flexibility index (Phi) is 17.6. The van der Waals surface area contributed by atoms with Crippen molar-refractivity contribution in [2.24, 2.45) is 5.92 Å². The van der Waals surface area contributed by atoms with Gasteiger partial charge in [0.25, 0.3) is 0 Å². The van der Waals surface area contributed by atoms with Gasteiger partial charge in [0, 0.05) is 39.6 Å². The van der Waals surface area contributed by atoms with E-state index in [-0.39, 0.29) is 74.1 Å². The Morgan fingerprint density at radius 1 is 0.613 bits per heavy atom. The molecule has 7 rings (SSSR count). The van der Waals surface area contributed by atoms with Crippen LogP contribution in [0, 0.1) is 5.92 Å². The van der Waals surface area contributed by atoms with Gasteiger partial charge in [-0.2, -0.15) is 13.2 Å². The van der Waals surface area contributed by atoms with Gasteiger partial charge < -0.3 is 37.3 Å². The molecule has 0 spiro atoms. The molecule has 0 aliphatic heterocycles. The van der Waals surface area contributed by atoms with Gasteiger partial charge in [-0.05, 0) is 105 Å². The highest BCUT2D eigenvalue weighted by molar-refractivity contribution is 5.87. The van der Waals surface area contributed by atoms with Crippen LogP contribution in [0.2, 0.25) is 0 Å². The number of benzene rings is 4. The topological polar surface area (TPSA) is 133 Å². The first kappa shape index (κ1) is 55.8. The molecule has 75 heavy (non-hydrogen) atoms. The number of halogens is 9. The molecular weight excluding hydrogens is 1010 g/mol. The van der Waals surface area contributed by atoms with Crippen LogP contribution < -0.4 is 30.2 Å². The van der Waals surface area contributed by atoms with Gasteiger partial charge in [-0.3, -0.25) is 0 Å². The monoisotopic (exact) mass is 1060 g/mol. The molecule has 3 atom stereocenters. The fourth-order valence-corrected chi connectivity index (χ4v) is 8.83. The third kappa shape index (κ3) is 14.9. The molecule has 2 aromatic heterocycles. The quantitative estimate of drug-likeness (QED) is 0.0211. The molecule has 0 amide bonds. The molecule has 0 bridgehead atoms. The highest BCUT2D eigenvalue weighted by Gasteiger charge is 2.55. The zero-order valence-electron chi connectivity index (χ0n) is 41.0. The lowest BCUT2D eigenvalue weighted by Crippen LogP contribution is -2.43. The number of hydrogen-bond acceptors (Lipinski definition) is 11. The Labute approximate surface area is 424 Å². The van der Waals surface area contributed by atoms with E-state index in [2.05, 4.69) is 16.1 Å². The van der Waals surface area contributed by atoms with E-state index in [9.17, 15) is 53.9 Å². The number of rotatable bonds is 22. The molecule has 0 radical (unpaired) electrons. The van der Waals surface area contributed by atoms with E-state index < -0.39 is 85.1 Å². The van der Waals surface area contributed by atoms with Crippen molar-refractivity contribution in [1.29, 1.82) is 0 Å². The summed E-state index contributed by atoms with van der Waals surface area (Å²) in [5.41, 5.74) is -1.81. The van der Waals surface area contributed by atoms with E-state index in [1.54, 1.807) is 12.1 Å². The summed E-state index contributed by atoms with van der Waals surface area (Å²) in [7, 11) is 0. The van der Waals surface area contributed by atoms with Crippen LogP contribution in [-0.4, -0.2) is 56.4 Å². The molecule has 1 aliphatic rings. The normalized spacial score (nSPS) is 16.1. The summed E-state index contributed by atoms with van der Waals surface area (Å²) in [6, 6.07) is 19.4. The number of unbranched alkanes of at least 4 members (excludes halogenated alkanes) is 4. The molecule has 402 valence electrons. The zero-order chi connectivity index (χ0) is 54.2. The first-order valence-corrected chi connectivity index (χ1v) is 24.3. The number of esters is 1. The Morgan fingerprint density at radius 2 is 1.07 bits per heavy atom. The smallest absolute Gasteiger partial charge is 0.491 e. The highest BCUT2D eigenvalue weighted by Crippen LogP contribution is 2.44. The molecule has 4 aromatic carbocycles. The van der Waals surface area contributed by atoms with Crippen LogP contribution in [0.15, 0.2) is 116 Å². The minimum absolute atomic E-state index is 0.0368. The van der Waals surface area contributed by atoms with Crippen molar-refractivity contribution >= 4 is 27.9 Å². The van der Waals surface area contributed by atoms with E-state index >= 15 is 0 Å². The van der Waals surface area contributed by atoms with Gasteiger partial charge in [-0.25, -0.2) is 14.4 Å². The average molecular weight is 1060 g/mol. The molecule has 11 nitrogen and oxygen atoms in total. The van der Waals surface area contributed by atoms with Gasteiger partial charge in [0.15, 0.2) is 0 Å². The Hall–Kier alpha value is -6.96. The van der Waals surface area contributed by atoms with Crippen molar-refractivity contribution in [2.75, 3.05) is 13.2 Å². The van der Waals surface area contributed by atoms with E-state index in [1.165, 1.54) is 79.7 Å². The van der Waals surface area contributed by atoms with Gasteiger partial charge in [0.05, 0.1) is 17.2 Å². The van der Waals surface area contributed by atoms with E-state index in [0.717, 1.165) is 38.5 Å². The number of carbonyl (C=O) groups excluding carboxylic acids is 1. The maximum absolute atomic E-state index is 14.7. The molecular formula is C55H53F9O11. The van der Waals surface area contributed by atoms with Crippen molar-refractivity contribution in [1.82, 2.24) is 0 Å². The lowest BCUT2D eigenvalue weighted by atomic mass is 10.00. The predicted molar refractivity (Wildman–Crippen MR) is 259 cm³/mol. The summed E-state index contributed by atoms with van der Waals surface area (Å²) in [6.07, 6.45) is -14.0. The SMILES string of the molecule is C=C(C)C(=O)OC1CCC(OC(COc2ccc3cc(-c4ccc(CCCCC)cc4OC(F)(F)F)c(=O)oc3c2)COc2ccc3cc(-c4ccc(CCCCC)cc4OC(F)(F)F)c(=O)oc3c2)C1C(F)(F)F. The maximum Gasteiger partial charge on any atom is 0.573 e. The average Bonchev–Trinajstić information content (AvgIpc) is 3.74. The fourth-order valence-electron chi connectivity index (χ4n) is 8.83. The van der Waals surface area contributed by atoms with Crippen LogP contribution in [0.25, 0.3) is 44.2 Å². The van der Waals surface area contributed by atoms with Gasteiger partial charge in [-0.15, -0.1) is 26.3 Å². The van der Waals surface area contributed by atoms with Crippen LogP contribution in [0.5, 0.6) is 23.0 Å². The third-order valence-electron chi connectivity index (χ3n) is 12.4. The largest absolute Gasteiger partial charge is 0.573 e. The molecule has 3 unspecified atom stereocenters. The summed E-state index contributed by atoms with van der Waals surface area (Å²) in [6.45, 7) is 7.74. The molecule has 0 N–H and O–H groups in total. The molecule has 1 saturated carbocycles. The van der Waals surface area contributed by atoms with Crippen LogP contribution in [0.3, 0.4) is 0 Å². The Bertz CT molecular complexity index is 2930. The minimum Gasteiger partial charge on any atom is -0.491 e. The second-order valence-electron chi connectivity index (χ2n) is 18.3. The van der Waals surface area contributed by atoms with E-state index in [1.807, 2.05) is 13.8 Å². The molecule has 2 heterocycles. The zero-order valence-corrected chi connectivity index (χ0v) is 41.0. The van der Waals surface area contributed by atoms with Crippen molar-refractivity contribution < 1.29 is 81.6 Å². The van der Waals surface area contributed by atoms with Crippen LogP contribution in [0.1, 0.15) is 83.3 Å². The van der Waals surface area contributed by atoms with Gasteiger partial charge in [-0.1, -0.05) is 70.4 Å². The number of hydrogen-bond donors (Lipinski definition) is 0. The molecule has 6 aromatic rings. The van der Waals surface area contributed by atoms with E-state index in [4.69, 9.17) is 27.8 Å². The summed E-state index contributed by atoms with van der Waals surface area (Å²) < 4.78 is 168. The standard InChI is InChI=1S/C55H53F9O11/c1-5-7-9-11-32-13-19-39(47(23-32)74-54(59,60)61)41-25-34-15-17-36(27-45(34)72-51(41)66)68-29-38(70-43-21-22-44(49(43)53(56,57)58)71-50(65)31(3)4)30-69-37-18-16-35-26-42(52(67)73-46(35)28-37)40-20-14-33(12-10-8-6-2)24-48(40)75-55(62,63)64/h13-20,23-28,38,43-44,49H,3,5-12,21-22,29-30H2,1-2,4H3. The maximum atomic E-state index is 14.7. The summed E-state index contributed by atoms with van der Waals surface area (Å²) in [4.78, 5) is 39.1. The van der Waals surface area contributed by atoms with Crippen molar-refractivity contribution in [3.8, 4) is 45.3 Å². The Morgan fingerprint density at radius 3 is 1.48 bits per heavy atom. The fraction of sp³-hybridized carbons (Fsp3) is 0.400. The highest BCUT2D eigenvalue weighted by atomic mass is 19.4. The number of aryl methyl sites for hydroxylation is 2. The molecule has 1 fully saturated rings. The number of ether oxygens (including phenoxy) is 6. The molecule has 0 saturated heterocycles. The number of carbonyl (C=O) groups is 1. The molecule has 20 heteroatoms. The third-order valence-corrected chi connectivity index (χ3v) is 12.4. The van der Waals surface area contributed by atoms with Crippen molar-refractivity contribution in [3.63, 3.8) is 0 Å². The lowest BCUT2D eigenvalue weighted by Gasteiger charge is -2.30. The minimum atomic E-state index is -5.07. The van der Waals surface area contributed by atoms with Crippen molar-refractivity contribution in [2.45, 2.75) is 122 Å². The number of fused-ring (bicyclic) bond motifs is 2. The van der Waals surface area contributed by atoms with Crippen molar-refractivity contribution in [3.05, 3.63) is 129 Å². The lowest BCUT2D eigenvalue weighted by molar-refractivity contribution is -0.275. The number of alkyl halides is 9.